The van der Waals surface area contributed by atoms with Crippen molar-refractivity contribution >= 4 is 5.78 Å². The molecule has 0 amide bonds. The largest absolute Gasteiger partial charge is 0.290 e. The molecule has 0 aromatic rings. The number of hydrogen-bond donors (Lipinski definition) is 0. The minimum Gasteiger partial charge on any atom is -0.290 e. The summed E-state index contributed by atoms with van der Waals surface area (Å²) in [5.41, 5.74) is 0.959. The molecule has 1 rings (SSSR count). The highest BCUT2D eigenvalue weighted by Crippen LogP contribution is 2.30. The van der Waals surface area contributed by atoms with Crippen molar-refractivity contribution < 1.29 is 4.79 Å². The lowest BCUT2D eigenvalue weighted by Crippen LogP contribution is -2.15. The van der Waals surface area contributed by atoms with E-state index in [1.807, 2.05) is 6.08 Å². The highest BCUT2D eigenvalue weighted by Gasteiger charge is 2.21. The molecular formula is C10H12O. The summed E-state index contributed by atoms with van der Waals surface area (Å²) >= 11 is 0. The van der Waals surface area contributed by atoms with Crippen molar-refractivity contribution in [2.75, 3.05) is 0 Å². The number of allylic oxidation sites excluding steroid dienone is 5. The average molecular weight is 148 g/mol. The highest BCUT2D eigenvalue weighted by molar-refractivity contribution is 6.01. The lowest BCUT2D eigenvalue weighted by molar-refractivity contribution is -0.110. The van der Waals surface area contributed by atoms with Crippen molar-refractivity contribution in [3.05, 3.63) is 36.5 Å². The molecule has 0 saturated carbocycles. The third kappa shape index (κ3) is 1.48. The van der Waals surface area contributed by atoms with Gasteiger partial charge in [0.25, 0.3) is 0 Å². The summed E-state index contributed by atoms with van der Waals surface area (Å²) in [7, 11) is 0. The Morgan fingerprint density at radius 2 is 2.18 bits per heavy atom. The summed E-state index contributed by atoms with van der Waals surface area (Å²) in [4.78, 5) is 10.9. The molecule has 0 unspecified atom stereocenters. The molecule has 0 aromatic carbocycles. The van der Waals surface area contributed by atoms with Crippen LogP contribution in [0.5, 0.6) is 0 Å². The molecule has 1 aliphatic carbocycles. The van der Waals surface area contributed by atoms with Gasteiger partial charge < -0.3 is 0 Å². The summed E-state index contributed by atoms with van der Waals surface area (Å²) in [5.74, 6) is 0.0548. The first kappa shape index (κ1) is 7.99. The molecule has 0 saturated heterocycles. The molecule has 0 heterocycles. The first-order chi connectivity index (χ1) is 5.06. The number of ketones is 1. The maximum absolute atomic E-state index is 10.9. The van der Waals surface area contributed by atoms with Crippen LogP contribution in [0.15, 0.2) is 36.5 Å². The van der Waals surface area contributed by atoms with Crippen LogP contribution in [-0.2, 0) is 4.79 Å². The van der Waals surface area contributed by atoms with E-state index in [-0.39, 0.29) is 11.2 Å². The van der Waals surface area contributed by atoms with Crippen LogP contribution in [0, 0.1) is 5.41 Å². The van der Waals surface area contributed by atoms with E-state index in [0.717, 1.165) is 5.57 Å². The first-order valence-corrected chi connectivity index (χ1v) is 3.64. The zero-order chi connectivity index (χ0) is 8.48. The molecule has 58 valence electrons. The fourth-order valence-corrected chi connectivity index (χ4v) is 1.10. The Hall–Kier alpha value is -1.11. The average Bonchev–Trinajstić information content (AvgIpc) is 1.94. The fraction of sp³-hybridized carbons (Fsp3) is 0.300. The van der Waals surface area contributed by atoms with E-state index in [2.05, 4.69) is 20.4 Å². The van der Waals surface area contributed by atoms with Crippen molar-refractivity contribution in [2.24, 2.45) is 5.41 Å². The van der Waals surface area contributed by atoms with Crippen LogP contribution < -0.4 is 0 Å². The van der Waals surface area contributed by atoms with E-state index in [9.17, 15) is 4.79 Å². The highest BCUT2D eigenvalue weighted by atomic mass is 16.1. The van der Waals surface area contributed by atoms with E-state index < -0.39 is 0 Å². The summed E-state index contributed by atoms with van der Waals surface area (Å²) in [5, 5.41) is 0. The van der Waals surface area contributed by atoms with E-state index >= 15 is 0 Å². The monoisotopic (exact) mass is 148 g/mol. The zero-order valence-electron chi connectivity index (χ0n) is 6.92. The standard InChI is InChI=1S/C10H12O/c1-4-8-7-9(11)5-6-10(8,2)3/h4-7H,1H2,2-3H3. The SMILES string of the molecule is C=CC1=CC(=O)C=CC1(C)C. The molecule has 11 heavy (non-hydrogen) atoms. The minimum atomic E-state index is -0.0321. The van der Waals surface area contributed by atoms with Gasteiger partial charge in [0, 0.05) is 5.41 Å². The van der Waals surface area contributed by atoms with Gasteiger partial charge in [-0.1, -0.05) is 32.6 Å². The molecule has 1 nitrogen and oxygen atoms in total. The van der Waals surface area contributed by atoms with Crippen molar-refractivity contribution in [1.82, 2.24) is 0 Å². The molecule has 0 aliphatic heterocycles. The van der Waals surface area contributed by atoms with Gasteiger partial charge in [-0.25, -0.2) is 0 Å². The van der Waals surface area contributed by atoms with E-state index in [1.54, 1.807) is 18.2 Å². The van der Waals surface area contributed by atoms with Crippen molar-refractivity contribution in [1.29, 1.82) is 0 Å². The van der Waals surface area contributed by atoms with Gasteiger partial charge in [-0.3, -0.25) is 4.79 Å². The van der Waals surface area contributed by atoms with Crippen LogP contribution in [0.3, 0.4) is 0 Å². The maximum atomic E-state index is 10.9. The predicted molar refractivity (Wildman–Crippen MR) is 46.2 cm³/mol. The van der Waals surface area contributed by atoms with Gasteiger partial charge in [0.2, 0.25) is 0 Å². The molecule has 0 radical (unpaired) electrons. The van der Waals surface area contributed by atoms with E-state index in [4.69, 9.17) is 0 Å². The van der Waals surface area contributed by atoms with Crippen molar-refractivity contribution in [3.8, 4) is 0 Å². The Bertz CT molecular complexity index is 254. The second-order valence-corrected chi connectivity index (χ2v) is 3.26. The quantitative estimate of drug-likeness (QED) is 0.557. The Morgan fingerprint density at radius 3 is 2.64 bits per heavy atom. The molecule has 0 bridgehead atoms. The summed E-state index contributed by atoms with van der Waals surface area (Å²) in [6.07, 6.45) is 6.88. The Balaban J connectivity index is 3.05. The zero-order valence-corrected chi connectivity index (χ0v) is 6.92. The molecule has 0 aromatic heterocycles. The van der Waals surface area contributed by atoms with E-state index in [1.165, 1.54) is 0 Å². The number of rotatable bonds is 1. The van der Waals surface area contributed by atoms with E-state index in [0.29, 0.717) is 0 Å². The van der Waals surface area contributed by atoms with Gasteiger partial charge in [0.05, 0.1) is 0 Å². The van der Waals surface area contributed by atoms with Crippen LogP contribution in [0.2, 0.25) is 0 Å². The molecular weight excluding hydrogens is 136 g/mol. The molecule has 0 spiro atoms. The van der Waals surface area contributed by atoms with Crippen molar-refractivity contribution in [3.63, 3.8) is 0 Å². The van der Waals surface area contributed by atoms with Crippen LogP contribution in [0.25, 0.3) is 0 Å². The van der Waals surface area contributed by atoms with Crippen LogP contribution in [0.4, 0.5) is 0 Å². The lowest BCUT2D eigenvalue weighted by Gasteiger charge is -2.23. The second kappa shape index (κ2) is 2.50. The number of carbonyl (C=O) groups excluding carboxylic acids is 1. The maximum Gasteiger partial charge on any atom is 0.178 e. The third-order valence-electron chi connectivity index (χ3n) is 1.93. The van der Waals surface area contributed by atoms with Gasteiger partial charge in [-0.05, 0) is 17.7 Å². The lowest BCUT2D eigenvalue weighted by atomic mass is 9.80. The van der Waals surface area contributed by atoms with Gasteiger partial charge in [-0.15, -0.1) is 0 Å². The Morgan fingerprint density at radius 1 is 1.55 bits per heavy atom. The third-order valence-corrected chi connectivity index (χ3v) is 1.93. The molecule has 1 heteroatoms. The summed E-state index contributed by atoms with van der Waals surface area (Å²) in [6.45, 7) is 7.78. The Labute approximate surface area is 67.1 Å². The minimum absolute atomic E-state index is 0.0321. The van der Waals surface area contributed by atoms with Gasteiger partial charge >= 0.3 is 0 Å². The number of hydrogen-bond acceptors (Lipinski definition) is 1. The van der Waals surface area contributed by atoms with Gasteiger partial charge in [0.15, 0.2) is 5.78 Å². The Kier molecular flexibility index (Phi) is 1.81. The molecule has 1 aliphatic rings. The smallest absolute Gasteiger partial charge is 0.178 e. The fourth-order valence-electron chi connectivity index (χ4n) is 1.10. The summed E-state index contributed by atoms with van der Waals surface area (Å²) in [6, 6.07) is 0. The normalized spacial score (nSPS) is 21.3. The van der Waals surface area contributed by atoms with Crippen LogP contribution >= 0.6 is 0 Å². The van der Waals surface area contributed by atoms with Crippen LogP contribution in [-0.4, -0.2) is 5.78 Å². The van der Waals surface area contributed by atoms with Crippen LogP contribution in [0.1, 0.15) is 13.8 Å². The first-order valence-electron chi connectivity index (χ1n) is 3.64. The van der Waals surface area contributed by atoms with Gasteiger partial charge in [0.1, 0.15) is 0 Å². The molecule has 0 N–H and O–H groups in total. The number of carbonyl (C=O) groups is 1. The molecule has 0 fully saturated rings. The van der Waals surface area contributed by atoms with Gasteiger partial charge in [-0.2, -0.15) is 0 Å². The topological polar surface area (TPSA) is 17.1 Å². The second-order valence-electron chi connectivity index (χ2n) is 3.26. The van der Waals surface area contributed by atoms with Crippen molar-refractivity contribution in [2.45, 2.75) is 13.8 Å². The molecule has 0 atom stereocenters. The predicted octanol–water partition coefficient (Wildman–Crippen LogP) is 2.26. The summed E-state index contributed by atoms with van der Waals surface area (Å²) < 4.78 is 0.